The molecule has 4 aromatic rings. The first-order valence-electron chi connectivity index (χ1n) is 6.72. The van der Waals surface area contributed by atoms with E-state index in [-0.39, 0.29) is 17.7 Å². The Labute approximate surface area is 141 Å². The maximum atomic E-state index is 12.4. The maximum Gasteiger partial charge on any atom is 0.271 e. The molecule has 0 bridgehead atoms. The number of nitrogens with zero attached hydrogens (tertiary/aromatic N) is 4. The lowest BCUT2D eigenvalue weighted by molar-refractivity contribution is 0.728. The third kappa shape index (κ3) is 2.49. The fourth-order valence-corrected chi connectivity index (χ4v) is 3.50. The van der Waals surface area contributed by atoms with Gasteiger partial charge >= 0.3 is 0 Å². The van der Waals surface area contributed by atoms with E-state index in [1.165, 1.54) is 32.7 Å². The summed E-state index contributed by atoms with van der Waals surface area (Å²) < 4.78 is 4.33. The van der Waals surface area contributed by atoms with E-state index >= 15 is 0 Å². The van der Waals surface area contributed by atoms with E-state index in [4.69, 9.17) is 0 Å². The summed E-state index contributed by atoms with van der Waals surface area (Å²) in [5, 5.41) is 1.84. The fourth-order valence-electron chi connectivity index (χ4n) is 2.37. The van der Waals surface area contributed by atoms with E-state index in [1.807, 2.05) is 17.5 Å². The van der Waals surface area contributed by atoms with Crippen molar-refractivity contribution in [2.24, 2.45) is 0 Å². The zero-order valence-electron chi connectivity index (χ0n) is 11.6. The number of fused-ring (bicyclic) bond motifs is 2. The van der Waals surface area contributed by atoms with Crippen LogP contribution in [0, 0.1) is 0 Å². The van der Waals surface area contributed by atoms with Gasteiger partial charge in [0.2, 0.25) is 0 Å². The number of thiophene rings is 1. The summed E-state index contributed by atoms with van der Waals surface area (Å²) >= 11 is 4.69. The van der Waals surface area contributed by atoms with E-state index < -0.39 is 0 Å². The summed E-state index contributed by atoms with van der Waals surface area (Å²) in [5.41, 5.74) is 1.44. The van der Waals surface area contributed by atoms with Gasteiger partial charge in [-0.3, -0.25) is 18.6 Å². The number of aromatic nitrogens is 4. The Morgan fingerprint density at radius 2 is 2.09 bits per heavy atom. The van der Waals surface area contributed by atoms with Crippen molar-refractivity contribution in [3.63, 3.8) is 0 Å². The summed E-state index contributed by atoms with van der Waals surface area (Å²) in [7, 11) is 0. The molecule has 0 spiro atoms. The third-order valence-electron chi connectivity index (χ3n) is 3.44. The van der Waals surface area contributed by atoms with Gasteiger partial charge in [-0.1, -0.05) is 0 Å². The third-order valence-corrected chi connectivity index (χ3v) is 4.81. The molecule has 4 rings (SSSR count). The summed E-state index contributed by atoms with van der Waals surface area (Å²) in [6, 6.07) is 6.81. The van der Waals surface area contributed by atoms with Crippen LogP contribution in [-0.4, -0.2) is 18.9 Å². The molecule has 23 heavy (non-hydrogen) atoms. The summed E-state index contributed by atoms with van der Waals surface area (Å²) in [6.07, 6.45) is 3.16. The number of hydrogen-bond acceptors (Lipinski definition) is 5. The first kappa shape index (κ1) is 14.3. The van der Waals surface area contributed by atoms with Gasteiger partial charge in [0.25, 0.3) is 11.1 Å². The number of halogens is 1. The molecule has 0 radical (unpaired) electrons. The largest absolute Gasteiger partial charge is 0.292 e. The Morgan fingerprint density at radius 3 is 2.96 bits per heavy atom. The maximum absolute atomic E-state index is 12.4. The number of hydrogen-bond donors (Lipinski definition) is 0. The van der Waals surface area contributed by atoms with Gasteiger partial charge in [0.05, 0.1) is 24.1 Å². The molecule has 0 N–H and O–H groups in total. The molecule has 0 saturated heterocycles. The minimum atomic E-state index is -0.190. The SMILES string of the molecule is O=c1c2sccc2ncn1Cc1cc(=O)n2cc(Br)ccc2n1. The Balaban J connectivity index is 1.83. The van der Waals surface area contributed by atoms with Crippen molar-refractivity contribution in [1.29, 1.82) is 0 Å². The molecular formula is C15H9BrN4O2S. The molecule has 8 heteroatoms. The van der Waals surface area contributed by atoms with Gasteiger partial charge in [0, 0.05) is 16.7 Å². The van der Waals surface area contributed by atoms with Crippen LogP contribution in [0.25, 0.3) is 15.9 Å². The van der Waals surface area contributed by atoms with Gasteiger partial charge in [-0.2, -0.15) is 0 Å². The van der Waals surface area contributed by atoms with Crippen LogP contribution in [0.5, 0.6) is 0 Å². The summed E-state index contributed by atoms with van der Waals surface area (Å²) in [5.74, 6) is 0. The van der Waals surface area contributed by atoms with Crippen LogP contribution >= 0.6 is 27.3 Å². The molecule has 4 aromatic heterocycles. The minimum absolute atomic E-state index is 0.122. The average molecular weight is 389 g/mol. The first-order valence-corrected chi connectivity index (χ1v) is 8.39. The molecule has 6 nitrogen and oxygen atoms in total. The Bertz CT molecular complexity index is 1160. The van der Waals surface area contributed by atoms with Gasteiger partial charge in [-0.25, -0.2) is 9.97 Å². The van der Waals surface area contributed by atoms with E-state index in [0.29, 0.717) is 21.6 Å². The highest BCUT2D eigenvalue weighted by Crippen LogP contribution is 2.14. The molecule has 0 saturated carbocycles. The molecule has 0 unspecified atom stereocenters. The number of rotatable bonds is 2. The predicted octanol–water partition coefficient (Wildman–Crippen LogP) is 2.28. The van der Waals surface area contributed by atoms with E-state index in [9.17, 15) is 9.59 Å². The van der Waals surface area contributed by atoms with Crippen LogP contribution in [0.2, 0.25) is 0 Å². The summed E-state index contributed by atoms with van der Waals surface area (Å²) in [6.45, 7) is 0.210. The molecule has 0 amide bonds. The van der Waals surface area contributed by atoms with Crippen molar-refractivity contribution in [1.82, 2.24) is 18.9 Å². The normalized spacial score (nSPS) is 11.3. The zero-order chi connectivity index (χ0) is 16.0. The van der Waals surface area contributed by atoms with Crippen LogP contribution < -0.4 is 11.1 Å². The molecule has 114 valence electrons. The molecule has 0 fully saturated rings. The van der Waals surface area contributed by atoms with E-state index in [0.717, 1.165) is 4.47 Å². The van der Waals surface area contributed by atoms with Crippen LogP contribution in [0.15, 0.2) is 56.2 Å². The molecular weight excluding hydrogens is 380 g/mol. The first-order chi connectivity index (χ1) is 11.1. The Kier molecular flexibility index (Phi) is 3.35. The smallest absolute Gasteiger partial charge is 0.271 e. The second-order valence-electron chi connectivity index (χ2n) is 4.97. The van der Waals surface area contributed by atoms with Crippen molar-refractivity contribution in [2.45, 2.75) is 6.54 Å². The fraction of sp³-hybridized carbons (Fsp3) is 0.0667. The van der Waals surface area contributed by atoms with Crippen molar-refractivity contribution in [3.05, 3.63) is 73.0 Å². The predicted molar refractivity (Wildman–Crippen MR) is 92.1 cm³/mol. The molecule has 0 aliphatic rings. The topological polar surface area (TPSA) is 69.3 Å². The molecule has 0 aromatic carbocycles. The van der Waals surface area contributed by atoms with Crippen molar-refractivity contribution in [3.8, 4) is 0 Å². The lowest BCUT2D eigenvalue weighted by Gasteiger charge is -2.06. The Hall–Kier alpha value is -2.32. The van der Waals surface area contributed by atoms with Crippen LogP contribution in [-0.2, 0) is 6.54 Å². The van der Waals surface area contributed by atoms with Crippen LogP contribution in [0.3, 0.4) is 0 Å². The van der Waals surface area contributed by atoms with E-state index in [2.05, 4.69) is 25.9 Å². The van der Waals surface area contributed by atoms with Crippen LogP contribution in [0.4, 0.5) is 0 Å². The highest BCUT2D eigenvalue weighted by atomic mass is 79.9. The Morgan fingerprint density at radius 1 is 1.22 bits per heavy atom. The average Bonchev–Trinajstić information content (AvgIpc) is 3.00. The molecule has 0 atom stereocenters. The van der Waals surface area contributed by atoms with Crippen LogP contribution in [0.1, 0.15) is 5.69 Å². The summed E-state index contributed by atoms with van der Waals surface area (Å²) in [4.78, 5) is 33.3. The van der Waals surface area contributed by atoms with Crippen molar-refractivity contribution < 1.29 is 0 Å². The monoisotopic (exact) mass is 388 g/mol. The highest BCUT2D eigenvalue weighted by molar-refractivity contribution is 9.10. The molecule has 0 aliphatic carbocycles. The zero-order valence-corrected chi connectivity index (χ0v) is 14.0. The van der Waals surface area contributed by atoms with Gasteiger partial charge in [0.1, 0.15) is 10.3 Å². The van der Waals surface area contributed by atoms with Gasteiger partial charge in [-0.05, 0) is 39.5 Å². The van der Waals surface area contributed by atoms with Gasteiger partial charge in [0.15, 0.2) is 0 Å². The quantitative estimate of drug-likeness (QED) is 0.528. The van der Waals surface area contributed by atoms with Gasteiger partial charge in [-0.15, -0.1) is 11.3 Å². The molecule has 0 aliphatic heterocycles. The van der Waals surface area contributed by atoms with Gasteiger partial charge < -0.3 is 0 Å². The van der Waals surface area contributed by atoms with Crippen molar-refractivity contribution >= 4 is 43.1 Å². The molecule has 4 heterocycles. The standard InChI is InChI=1S/C15H9BrN4O2S/c16-9-1-2-12-18-10(5-13(21)20(12)6-9)7-19-8-17-11-3-4-23-14(11)15(19)22/h1-6,8H,7H2. The second kappa shape index (κ2) is 5.39. The van der Waals surface area contributed by atoms with E-state index in [1.54, 1.807) is 12.3 Å². The minimum Gasteiger partial charge on any atom is -0.292 e. The number of pyridine rings is 1. The second-order valence-corrected chi connectivity index (χ2v) is 6.81. The van der Waals surface area contributed by atoms with Crippen molar-refractivity contribution in [2.75, 3.05) is 0 Å². The lowest BCUT2D eigenvalue weighted by Crippen LogP contribution is -2.23. The lowest BCUT2D eigenvalue weighted by atomic mass is 10.3. The highest BCUT2D eigenvalue weighted by Gasteiger charge is 2.08.